The molecule has 0 spiro atoms. The van der Waals surface area contributed by atoms with Crippen molar-refractivity contribution in [2.75, 3.05) is 0 Å². The molecule has 1 aromatic carbocycles. The Morgan fingerprint density at radius 2 is 2.19 bits per heavy atom. The first kappa shape index (κ1) is 12.9. The average molecular weight is 282 g/mol. The Morgan fingerprint density at radius 1 is 1.29 bits per heavy atom. The van der Waals surface area contributed by atoms with Crippen molar-refractivity contribution in [1.29, 1.82) is 0 Å². The van der Waals surface area contributed by atoms with Crippen LogP contribution in [0.15, 0.2) is 30.5 Å². The molecule has 2 saturated carbocycles. The fraction of sp³-hybridized carbons (Fsp3) is 0.500. The van der Waals surface area contributed by atoms with E-state index in [1.807, 2.05) is 30.5 Å². The Morgan fingerprint density at radius 3 is 2.95 bits per heavy atom. The van der Waals surface area contributed by atoms with Gasteiger partial charge in [0.2, 0.25) is 0 Å². The predicted molar refractivity (Wildman–Crippen MR) is 84.2 cm³/mol. The van der Waals surface area contributed by atoms with E-state index >= 15 is 0 Å². The first-order valence-corrected chi connectivity index (χ1v) is 8.09. The van der Waals surface area contributed by atoms with Crippen molar-refractivity contribution in [2.24, 2.45) is 17.8 Å². The molecule has 3 nitrogen and oxygen atoms in total. The third-order valence-corrected chi connectivity index (χ3v) is 5.63. The maximum atomic E-state index is 12.6. The average Bonchev–Trinajstić information content (AvgIpc) is 3.21. The molecule has 4 unspecified atom stereocenters. The lowest BCUT2D eigenvalue weighted by Gasteiger charge is -2.28. The molecule has 0 aliphatic heterocycles. The summed E-state index contributed by atoms with van der Waals surface area (Å²) in [7, 11) is 0. The van der Waals surface area contributed by atoms with Crippen molar-refractivity contribution in [3.05, 3.63) is 36.0 Å². The Kier molecular flexibility index (Phi) is 3.02. The maximum absolute atomic E-state index is 12.6. The van der Waals surface area contributed by atoms with E-state index in [-0.39, 0.29) is 11.9 Å². The number of hydrogen-bond donors (Lipinski definition) is 2. The van der Waals surface area contributed by atoms with E-state index in [2.05, 4.69) is 17.2 Å². The van der Waals surface area contributed by atoms with E-state index in [1.54, 1.807) is 0 Å². The van der Waals surface area contributed by atoms with Crippen LogP contribution in [0, 0.1) is 17.8 Å². The van der Waals surface area contributed by atoms with Gasteiger partial charge in [-0.3, -0.25) is 4.79 Å². The third-order valence-electron chi connectivity index (χ3n) is 5.63. The summed E-state index contributed by atoms with van der Waals surface area (Å²) in [6.45, 7) is 2.18. The molecule has 2 aliphatic carbocycles. The number of hydrogen-bond acceptors (Lipinski definition) is 1. The minimum Gasteiger partial charge on any atom is -0.361 e. The second-order valence-corrected chi connectivity index (χ2v) is 6.85. The molecule has 110 valence electrons. The lowest BCUT2D eigenvalue weighted by Crippen LogP contribution is -2.40. The van der Waals surface area contributed by atoms with Crippen molar-refractivity contribution in [2.45, 2.75) is 38.6 Å². The van der Waals surface area contributed by atoms with Crippen molar-refractivity contribution < 1.29 is 4.79 Å². The van der Waals surface area contributed by atoms with Crippen molar-refractivity contribution in [1.82, 2.24) is 10.3 Å². The van der Waals surface area contributed by atoms with Gasteiger partial charge in [0.05, 0.1) is 11.1 Å². The van der Waals surface area contributed by atoms with Crippen LogP contribution in [0.3, 0.4) is 0 Å². The Labute approximate surface area is 125 Å². The highest BCUT2D eigenvalue weighted by Gasteiger charge is 2.42. The molecule has 21 heavy (non-hydrogen) atoms. The molecule has 2 aromatic rings. The fourth-order valence-electron chi connectivity index (χ4n) is 4.57. The zero-order chi connectivity index (χ0) is 14.4. The zero-order valence-corrected chi connectivity index (χ0v) is 12.4. The van der Waals surface area contributed by atoms with Crippen LogP contribution in [0.4, 0.5) is 0 Å². The van der Waals surface area contributed by atoms with Gasteiger partial charge >= 0.3 is 0 Å². The molecule has 1 aromatic heterocycles. The standard InChI is InChI=1S/C18H22N2O/c1-11(16-10-12-5-6-14(16)9-12)20-18(21)15-4-2-3-13-7-8-19-17(13)15/h2-4,7-8,11-12,14,16,19H,5-6,9-10H2,1H3,(H,20,21). The highest BCUT2D eigenvalue weighted by Crippen LogP contribution is 2.49. The van der Waals surface area contributed by atoms with Gasteiger partial charge < -0.3 is 10.3 Å². The lowest BCUT2D eigenvalue weighted by molar-refractivity contribution is 0.0917. The van der Waals surface area contributed by atoms with E-state index in [1.165, 1.54) is 25.7 Å². The number of fused-ring (bicyclic) bond motifs is 3. The second-order valence-electron chi connectivity index (χ2n) is 6.85. The number of carbonyl (C=O) groups is 1. The van der Waals surface area contributed by atoms with Gasteiger partial charge in [0.25, 0.3) is 5.91 Å². The number of amides is 1. The monoisotopic (exact) mass is 282 g/mol. The third kappa shape index (κ3) is 2.15. The van der Waals surface area contributed by atoms with Crippen LogP contribution in [-0.4, -0.2) is 16.9 Å². The van der Waals surface area contributed by atoms with Gasteiger partial charge in [0, 0.05) is 17.6 Å². The molecule has 2 N–H and O–H groups in total. The molecule has 3 heteroatoms. The highest BCUT2D eigenvalue weighted by atomic mass is 16.1. The van der Waals surface area contributed by atoms with Crippen LogP contribution < -0.4 is 5.32 Å². The fourth-order valence-corrected chi connectivity index (χ4v) is 4.57. The van der Waals surface area contributed by atoms with E-state index in [0.717, 1.165) is 28.3 Å². The number of para-hydroxylation sites is 1. The molecule has 4 atom stereocenters. The second kappa shape index (κ2) is 4.90. The van der Waals surface area contributed by atoms with Gasteiger partial charge in [0.15, 0.2) is 0 Å². The SMILES string of the molecule is CC(NC(=O)c1cccc2cc[nH]c12)C1CC2CCC1C2. The van der Waals surface area contributed by atoms with Crippen molar-refractivity contribution in [3.63, 3.8) is 0 Å². The molecule has 2 aliphatic rings. The summed E-state index contributed by atoms with van der Waals surface area (Å²) in [6.07, 6.45) is 7.35. The van der Waals surface area contributed by atoms with Gasteiger partial charge in [-0.1, -0.05) is 18.6 Å². The summed E-state index contributed by atoms with van der Waals surface area (Å²) in [4.78, 5) is 15.8. The summed E-state index contributed by atoms with van der Waals surface area (Å²) < 4.78 is 0. The minimum atomic E-state index is 0.0540. The summed E-state index contributed by atoms with van der Waals surface area (Å²) in [6, 6.07) is 8.17. The Balaban J connectivity index is 1.52. The first-order valence-electron chi connectivity index (χ1n) is 8.09. The van der Waals surface area contributed by atoms with Crippen molar-refractivity contribution in [3.8, 4) is 0 Å². The summed E-state index contributed by atoms with van der Waals surface area (Å²) in [5.74, 6) is 2.49. The number of aromatic amines is 1. The summed E-state index contributed by atoms with van der Waals surface area (Å²) >= 11 is 0. The van der Waals surface area contributed by atoms with Gasteiger partial charge in [-0.05, 0) is 56.1 Å². The van der Waals surface area contributed by atoms with Crippen LogP contribution in [0.1, 0.15) is 43.0 Å². The normalized spacial score (nSPS) is 28.9. The number of rotatable bonds is 3. The van der Waals surface area contributed by atoms with Crippen LogP contribution in [0.25, 0.3) is 10.9 Å². The molecule has 0 radical (unpaired) electrons. The first-order chi connectivity index (χ1) is 10.2. The Hall–Kier alpha value is -1.77. The Bertz CT molecular complexity index is 675. The van der Waals surface area contributed by atoms with E-state index in [9.17, 15) is 4.79 Å². The number of benzene rings is 1. The van der Waals surface area contributed by atoms with Crippen LogP contribution >= 0.6 is 0 Å². The molecular weight excluding hydrogens is 260 g/mol. The van der Waals surface area contributed by atoms with E-state index in [4.69, 9.17) is 0 Å². The molecule has 1 heterocycles. The van der Waals surface area contributed by atoms with E-state index in [0.29, 0.717) is 5.92 Å². The molecule has 1 amide bonds. The quantitative estimate of drug-likeness (QED) is 0.885. The minimum absolute atomic E-state index is 0.0540. The maximum Gasteiger partial charge on any atom is 0.253 e. The number of aromatic nitrogens is 1. The van der Waals surface area contributed by atoms with Gasteiger partial charge in [-0.25, -0.2) is 0 Å². The zero-order valence-electron chi connectivity index (χ0n) is 12.4. The van der Waals surface area contributed by atoms with Crippen LogP contribution in [0.2, 0.25) is 0 Å². The van der Waals surface area contributed by atoms with Crippen molar-refractivity contribution >= 4 is 16.8 Å². The topological polar surface area (TPSA) is 44.9 Å². The number of nitrogens with one attached hydrogen (secondary N) is 2. The van der Waals surface area contributed by atoms with Gasteiger partial charge in [-0.15, -0.1) is 0 Å². The van der Waals surface area contributed by atoms with E-state index < -0.39 is 0 Å². The largest absolute Gasteiger partial charge is 0.361 e. The predicted octanol–water partition coefficient (Wildman–Crippen LogP) is 3.72. The highest BCUT2D eigenvalue weighted by molar-refractivity contribution is 6.05. The smallest absolute Gasteiger partial charge is 0.253 e. The molecular formula is C18H22N2O. The summed E-state index contributed by atoms with van der Waals surface area (Å²) in [5, 5.41) is 4.34. The lowest BCUT2D eigenvalue weighted by atomic mass is 9.84. The molecule has 2 bridgehead atoms. The van der Waals surface area contributed by atoms with Gasteiger partial charge in [0.1, 0.15) is 0 Å². The molecule has 0 saturated heterocycles. The molecule has 4 rings (SSSR count). The number of H-pyrrole nitrogens is 1. The van der Waals surface area contributed by atoms with Gasteiger partial charge in [-0.2, -0.15) is 0 Å². The molecule has 2 fully saturated rings. The van der Waals surface area contributed by atoms with Crippen LogP contribution in [0.5, 0.6) is 0 Å². The number of carbonyl (C=O) groups excluding carboxylic acids is 1. The summed E-state index contributed by atoms with van der Waals surface area (Å²) in [5.41, 5.74) is 1.70. The van der Waals surface area contributed by atoms with Crippen LogP contribution in [-0.2, 0) is 0 Å².